The SMILES string of the molecule is CCCCCC(=O)c1cnc(CCCCC)[nH]1.Cl. The molecular weight excluding hydrogens is 248 g/mol. The lowest BCUT2D eigenvalue weighted by molar-refractivity contribution is 0.0975. The number of ketones is 1. The van der Waals surface area contributed by atoms with Crippen molar-refractivity contribution in [3.8, 4) is 0 Å². The third-order valence-corrected chi connectivity index (χ3v) is 2.95. The largest absolute Gasteiger partial charge is 0.340 e. The molecule has 1 rings (SSSR count). The van der Waals surface area contributed by atoms with Gasteiger partial charge in [-0.15, -0.1) is 12.4 Å². The lowest BCUT2D eigenvalue weighted by Crippen LogP contribution is -1.99. The van der Waals surface area contributed by atoms with Crippen LogP contribution in [0.1, 0.15) is 75.1 Å². The number of rotatable bonds is 9. The maximum atomic E-state index is 11.8. The highest BCUT2D eigenvalue weighted by atomic mass is 35.5. The summed E-state index contributed by atoms with van der Waals surface area (Å²) in [6.45, 7) is 4.33. The van der Waals surface area contributed by atoms with E-state index in [1.165, 1.54) is 12.8 Å². The zero-order valence-corrected chi connectivity index (χ0v) is 12.3. The van der Waals surface area contributed by atoms with Crippen molar-refractivity contribution < 1.29 is 4.79 Å². The molecule has 1 aromatic heterocycles. The molecule has 0 aliphatic heterocycles. The summed E-state index contributed by atoms with van der Waals surface area (Å²) in [5.74, 6) is 1.16. The maximum absolute atomic E-state index is 11.8. The predicted molar refractivity (Wildman–Crippen MR) is 77.5 cm³/mol. The normalized spacial score (nSPS) is 10.1. The van der Waals surface area contributed by atoms with Crippen LogP contribution in [0.15, 0.2) is 6.20 Å². The molecule has 0 saturated heterocycles. The number of nitrogens with zero attached hydrogens (tertiary/aromatic N) is 1. The van der Waals surface area contributed by atoms with Gasteiger partial charge in [0.25, 0.3) is 0 Å². The maximum Gasteiger partial charge on any atom is 0.180 e. The minimum absolute atomic E-state index is 0. The first-order chi connectivity index (χ1) is 8.27. The molecule has 1 aromatic rings. The van der Waals surface area contributed by atoms with Crippen molar-refractivity contribution >= 4 is 18.2 Å². The monoisotopic (exact) mass is 272 g/mol. The average Bonchev–Trinajstić information content (AvgIpc) is 2.78. The van der Waals surface area contributed by atoms with E-state index >= 15 is 0 Å². The molecule has 0 fully saturated rings. The summed E-state index contributed by atoms with van der Waals surface area (Å²) < 4.78 is 0. The van der Waals surface area contributed by atoms with Crippen molar-refractivity contribution in [2.75, 3.05) is 0 Å². The molecule has 0 aromatic carbocycles. The third kappa shape index (κ3) is 6.20. The van der Waals surface area contributed by atoms with Crippen LogP contribution in [0.25, 0.3) is 0 Å². The molecule has 0 radical (unpaired) electrons. The van der Waals surface area contributed by atoms with Gasteiger partial charge in [-0.25, -0.2) is 4.98 Å². The molecule has 0 aliphatic rings. The van der Waals surface area contributed by atoms with Crippen molar-refractivity contribution in [3.05, 3.63) is 17.7 Å². The van der Waals surface area contributed by atoms with Crippen LogP contribution in [0.5, 0.6) is 0 Å². The Morgan fingerprint density at radius 3 is 2.50 bits per heavy atom. The number of hydrogen-bond donors (Lipinski definition) is 1. The second kappa shape index (κ2) is 10.1. The van der Waals surface area contributed by atoms with Crippen molar-refractivity contribution in [1.29, 1.82) is 0 Å². The fourth-order valence-electron chi connectivity index (χ4n) is 1.84. The van der Waals surface area contributed by atoms with Gasteiger partial charge in [-0.05, 0) is 12.8 Å². The van der Waals surface area contributed by atoms with Crippen LogP contribution in [-0.4, -0.2) is 15.8 Å². The van der Waals surface area contributed by atoms with Gasteiger partial charge in [-0.1, -0.05) is 39.5 Å². The lowest BCUT2D eigenvalue weighted by atomic mass is 10.1. The van der Waals surface area contributed by atoms with Crippen LogP contribution >= 0.6 is 12.4 Å². The summed E-state index contributed by atoms with van der Waals surface area (Å²) in [6.07, 6.45) is 10.1. The summed E-state index contributed by atoms with van der Waals surface area (Å²) in [6, 6.07) is 0. The van der Waals surface area contributed by atoms with Gasteiger partial charge in [0.05, 0.1) is 6.20 Å². The summed E-state index contributed by atoms with van der Waals surface area (Å²) in [7, 11) is 0. The second-order valence-corrected chi connectivity index (χ2v) is 4.58. The Morgan fingerprint density at radius 2 is 1.83 bits per heavy atom. The first kappa shape index (κ1) is 17.2. The number of hydrogen-bond acceptors (Lipinski definition) is 2. The Balaban J connectivity index is 0.00000289. The molecule has 0 atom stereocenters. The van der Waals surface area contributed by atoms with Gasteiger partial charge in [-0.2, -0.15) is 0 Å². The molecule has 0 unspecified atom stereocenters. The fourth-order valence-corrected chi connectivity index (χ4v) is 1.84. The third-order valence-electron chi connectivity index (χ3n) is 2.95. The number of aromatic amines is 1. The van der Waals surface area contributed by atoms with E-state index in [1.54, 1.807) is 6.20 Å². The summed E-state index contributed by atoms with van der Waals surface area (Å²) in [4.78, 5) is 19.2. The standard InChI is InChI=1S/C14H24N2O.ClH/c1-3-5-7-9-13(17)12-11-15-14(16-12)10-8-6-4-2;/h11H,3-10H2,1-2H3,(H,15,16);1H. The predicted octanol–water partition coefficient (Wildman–Crippen LogP) is 4.33. The van der Waals surface area contributed by atoms with Crippen LogP contribution in [0.2, 0.25) is 0 Å². The van der Waals surface area contributed by atoms with Crippen LogP contribution in [-0.2, 0) is 6.42 Å². The van der Waals surface area contributed by atoms with Gasteiger partial charge in [0, 0.05) is 12.8 Å². The molecule has 104 valence electrons. The van der Waals surface area contributed by atoms with E-state index in [1.807, 2.05) is 0 Å². The van der Waals surface area contributed by atoms with E-state index in [0.717, 1.165) is 37.9 Å². The zero-order valence-electron chi connectivity index (χ0n) is 11.5. The van der Waals surface area contributed by atoms with E-state index in [0.29, 0.717) is 12.1 Å². The minimum Gasteiger partial charge on any atom is -0.340 e. The summed E-state index contributed by atoms with van der Waals surface area (Å²) in [5.41, 5.74) is 0.688. The van der Waals surface area contributed by atoms with Crippen LogP contribution in [0.4, 0.5) is 0 Å². The molecule has 0 spiro atoms. The Labute approximate surface area is 116 Å². The Bertz CT molecular complexity index is 336. The number of aromatic nitrogens is 2. The smallest absolute Gasteiger partial charge is 0.180 e. The molecule has 3 nitrogen and oxygen atoms in total. The van der Waals surface area contributed by atoms with Crippen LogP contribution < -0.4 is 0 Å². The number of aryl methyl sites for hydroxylation is 1. The molecule has 4 heteroatoms. The van der Waals surface area contributed by atoms with E-state index < -0.39 is 0 Å². The van der Waals surface area contributed by atoms with Crippen molar-refractivity contribution in [3.63, 3.8) is 0 Å². The molecule has 1 heterocycles. The number of carbonyl (C=O) groups excluding carboxylic acids is 1. The molecule has 0 amide bonds. The van der Waals surface area contributed by atoms with Gasteiger partial charge < -0.3 is 4.98 Å². The second-order valence-electron chi connectivity index (χ2n) is 4.58. The zero-order chi connectivity index (χ0) is 12.5. The van der Waals surface area contributed by atoms with Crippen molar-refractivity contribution in [1.82, 2.24) is 9.97 Å². The van der Waals surface area contributed by atoms with Crippen molar-refractivity contribution in [2.45, 2.75) is 65.2 Å². The highest BCUT2D eigenvalue weighted by molar-refractivity contribution is 5.94. The highest BCUT2D eigenvalue weighted by Crippen LogP contribution is 2.08. The number of Topliss-reactive ketones (excluding diaryl/α,β-unsaturated/α-hetero) is 1. The summed E-state index contributed by atoms with van der Waals surface area (Å²) in [5, 5.41) is 0. The fraction of sp³-hybridized carbons (Fsp3) is 0.714. The molecule has 0 aliphatic carbocycles. The number of halogens is 1. The Morgan fingerprint density at radius 1 is 1.17 bits per heavy atom. The number of unbranched alkanes of at least 4 members (excludes halogenated alkanes) is 4. The van der Waals surface area contributed by atoms with E-state index in [2.05, 4.69) is 23.8 Å². The molecule has 18 heavy (non-hydrogen) atoms. The number of nitrogens with one attached hydrogen (secondary N) is 1. The van der Waals surface area contributed by atoms with E-state index in [9.17, 15) is 4.79 Å². The first-order valence-corrected chi connectivity index (χ1v) is 6.85. The molecule has 1 N–H and O–H groups in total. The van der Waals surface area contributed by atoms with Crippen LogP contribution in [0, 0.1) is 0 Å². The van der Waals surface area contributed by atoms with Gasteiger partial charge in [0.15, 0.2) is 5.78 Å². The number of carbonyl (C=O) groups is 1. The van der Waals surface area contributed by atoms with E-state index in [-0.39, 0.29) is 18.2 Å². The van der Waals surface area contributed by atoms with Gasteiger partial charge >= 0.3 is 0 Å². The highest BCUT2D eigenvalue weighted by Gasteiger charge is 2.08. The lowest BCUT2D eigenvalue weighted by Gasteiger charge is -1.97. The quantitative estimate of drug-likeness (QED) is 0.537. The average molecular weight is 273 g/mol. The van der Waals surface area contributed by atoms with Gasteiger partial charge in [0.2, 0.25) is 0 Å². The van der Waals surface area contributed by atoms with E-state index in [4.69, 9.17) is 0 Å². The Kier molecular flexibility index (Phi) is 9.66. The van der Waals surface area contributed by atoms with Crippen LogP contribution in [0.3, 0.4) is 0 Å². The minimum atomic E-state index is 0. The first-order valence-electron chi connectivity index (χ1n) is 6.85. The Hall–Kier alpha value is -0.830. The molecule has 0 saturated carbocycles. The molecule has 0 bridgehead atoms. The number of imidazole rings is 1. The number of H-pyrrole nitrogens is 1. The van der Waals surface area contributed by atoms with Gasteiger partial charge in [-0.3, -0.25) is 4.79 Å². The van der Waals surface area contributed by atoms with Crippen molar-refractivity contribution in [2.24, 2.45) is 0 Å². The van der Waals surface area contributed by atoms with Gasteiger partial charge in [0.1, 0.15) is 11.5 Å². The topological polar surface area (TPSA) is 45.8 Å². The molecular formula is C14H25ClN2O. The summed E-state index contributed by atoms with van der Waals surface area (Å²) >= 11 is 0.